The second kappa shape index (κ2) is 7.87. The molecule has 1 aromatic rings. The van der Waals surface area contributed by atoms with Crippen LogP contribution >= 0.6 is 15.9 Å². The first-order chi connectivity index (χ1) is 8.67. The van der Waals surface area contributed by atoms with Gasteiger partial charge in [0.25, 0.3) is 5.91 Å². The zero-order chi connectivity index (χ0) is 13.4. The van der Waals surface area contributed by atoms with Gasteiger partial charge in [0.15, 0.2) is 0 Å². The minimum Gasteiger partial charge on any atom is -0.356 e. The molecule has 18 heavy (non-hydrogen) atoms. The van der Waals surface area contributed by atoms with Crippen LogP contribution in [-0.4, -0.2) is 24.9 Å². The molecule has 0 aliphatic rings. The SMILES string of the molecule is CCNC(=O)CCNC(=O)c1ccc(CBr)cc1. The van der Waals surface area contributed by atoms with Crippen LogP contribution in [0.5, 0.6) is 0 Å². The van der Waals surface area contributed by atoms with Gasteiger partial charge in [-0.05, 0) is 24.6 Å². The topological polar surface area (TPSA) is 58.2 Å². The van der Waals surface area contributed by atoms with Gasteiger partial charge in [-0.2, -0.15) is 0 Å². The van der Waals surface area contributed by atoms with Crippen molar-refractivity contribution >= 4 is 27.7 Å². The summed E-state index contributed by atoms with van der Waals surface area (Å²) in [5, 5.41) is 6.16. The Morgan fingerprint density at radius 3 is 2.39 bits per heavy atom. The summed E-state index contributed by atoms with van der Waals surface area (Å²) in [4.78, 5) is 22.9. The van der Waals surface area contributed by atoms with E-state index in [1.54, 1.807) is 12.1 Å². The van der Waals surface area contributed by atoms with Gasteiger partial charge in [-0.15, -0.1) is 0 Å². The average Bonchev–Trinajstić information content (AvgIpc) is 2.39. The Balaban J connectivity index is 2.38. The molecule has 2 amide bonds. The molecule has 98 valence electrons. The quantitative estimate of drug-likeness (QED) is 0.787. The van der Waals surface area contributed by atoms with Crippen molar-refractivity contribution in [3.05, 3.63) is 35.4 Å². The van der Waals surface area contributed by atoms with Gasteiger partial charge in [0, 0.05) is 30.4 Å². The van der Waals surface area contributed by atoms with Crippen molar-refractivity contribution in [2.24, 2.45) is 0 Å². The van der Waals surface area contributed by atoms with Crippen LogP contribution in [-0.2, 0) is 10.1 Å². The first-order valence-electron chi connectivity index (χ1n) is 5.87. The van der Waals surface area contributed by atoms with Crippen molar-refractivity contribution in [3.8, 4) is 0 Å². The second-order valence-electron chi connectivity index (χ2n) is 3.79. The minimum atomic E-state index is -0.152. The molecular formula is C13H17BrN2O2. The van der Waals surface area contributed by atoms with Gasteiger partial charge in [-0.25, -0.2) is 0 Å². The molecule has 0 saturated carbocycles. The predicted octanol–water partition coefficient (Wildman–Crippen LogP) is 1.84. The molecule has 4 nitrogen and oxygen atoms in total. The van der Waals surface area contributed by atoms with Crippen LogP contribution in [0.2, 0.25) is 0 Å². The van der Waals surface area contributed by atoms with E-state index >= 15 is 0 Å². The van der Waals surface area contributed by atoms with Crippen LogP contribution in [0.15, 0.2) is 24.3 Å². The maximum atomic E-state index is 11.7. The number of carbonyl (C=O) groups excluding carboxylic acids is 2. The van der Waals surface area contributed by atoms with Gasteiger partial charge in [-0.1, -0.05) is 28.1 Å². The molecule has 0 saturated heterocycles. The highest BCUT2D eigenvalue weighted by Crippen LogP contribution is 2.07. The molecule has 0 heterocycles. The Bertz CT molecular complexity index is 404. The van der Waals surface area contributed by atoms with E-state index in [1.807, 2.05) is 19.1 Å². The molecule has 0 bridgehead atoms. The molecule has 0 spiro atoms. The Kier molecular flexibility index (Phi) is 6.43. The third-order valence-electron chi connectivity index (χ3n) is 2.38. The van der Waals surface area contributed by atoms with E-state index < -0.39 is 0 Å². The monoisotopic (exact) mass is 312 g/mol. The van der Waals surface area contributed by atoms with Crippen LogP contribution < -0.4 is 10.6 Å². The third-order valence-corrected chi connectivity index (χ3v) is 3.03. The second-order valence-corrected chi connectivity index (χ2v) is 4.35. The maximum Gasteiger partial charge on any atom is 0.251 e. The third kappa shape index (κ3) is 4.87. The van der Waals surface area contributed by atoms with Crippen molar-refractivity contribution in [1.29, 1.82) is 0 Å². The molecule has 1 rings (SSSR count). The summed E-state index contributed by atoms with van der Waals surface area (Å²) in [5.74, 6) is -0.201. The molecule has 5 heteroatoms. The highest BCUT2D eigenvalue weighted by molar-refractivity contribution is 9.08. The predicted molar refractivity (Wildman–Crippen MR) is 74.7 cm³/mol. The fourth-order valence-corrected chi connectivity index (χ4v) is 1.80. The Hall–Kier alpha value is -1.36. The van der Waals surface area contributed by atoms with Gasteiger partial charge < -0.3 is 10.6 Å². The van der Waals surface area contributed by atoms with Crippen molar-refractivity contribution in [2.45, 2.75) is 18.7 Å². The van der Waals surface area contributed by atoms with Crippen LogP contribution in [0.4, 0.5) is 0 Å². The van der Waals surface area contributed by atoms with Gasteiger partial charge >= 0.3 is 0 Å². The number of nitrogens with one attached hydrogen (secondary N) is 2. The Labute approximate surface area is 115 Å². The Morgan fingerprint density at radius 2 is 1.83 bits per heavy atom. The summed E-state index contributed by atoms with van der Waals surface area (Å²) in [6, 6.07) is 7.34. The molecular weight excluding hydrogens is 296 g/mol. The van der Waals surface area contributed by atoms with E-state index in [-0.39, 0.29) is 11.8 Å². The smallest absolute Gasteiger partial charge is 0.251 e. The molecule has 0 aliphatic heterocycles. The van der Waals surface area contributed by atoms with E-state index in [0.717, 1.165) is 10.9 Å². The summed E-state index contributed by atoms with van der Waals surface area (Å²) in [6.07, 6.45) is 0.305. The van der Waals surface area contributed by atoms with Crippen LogP contribution in [0.3, 0.4) is 0 Å². The molecule has 0 aliphatic carbocycles. The molecule has 2 N–H and O–H groups in total. The van der Waals surface area contributed by atoms with E-state index in [1.165, 1.54) is 0 Å². The van der Waals surface area contributed by atoms with Crippen LogP contribution in [0, 0.1) is 0 Å². The minimum absolute atomic E-state index is 0.0487. The number of halogens is 1. The summed E-state index contributed by atoms with van der Waals surface area (Å²) in [6.45, 7) is 2.83. The van der Waals surface area contributed by atoms with Gasteiger partial charge in [0.2, 0.25) is 5.91 Å². The zero-order valence-electron chi connectivity index (χ0n) is 10.3. The fourth-order valence-electron chi connectivity index (χ4n) is 1.42. The molecule has 1 aromatic carbocycles. The molecule has 0 fully saturated rings. The van der Waals surface area contributed by atoms with Gasteiger partial charge in [-0.3, -0.25) is 9.59 Å². The number of rotatable bonds is 6. The fraction of sp³-hybridized carbons (Fsp3) is 0.385. The first-order valence-corrected chi connectivity index (χ1v) is 6.99. The highest BCUT2D eigenvalue weighted by atomic mass is 79.9. The van der Waals surface area contributed by atoms with Crippen molar-refractivity contribution in [2.75, 3.05) is 13.1 Å². The number of hydrogen-bond acceptors (Lipinski definition) is 2. The van der Waals surface area contributed by atoms with E-state index in [4.69, 9.17) is 0 Å². The lowest BCUT2D eigenvalue weighted by Gasteiger charge is -2.06. The largest absolute Gasteiger partial charge is 0.356 e. The first kappa shape index (κ1) is 14.7. The number of hydrogen-bond donors (Lipinski definition) is 2. The molecule has 0 unspecified atom stereocenters. The summed E-state index contributed by atoms with van der Waals surface area (Å²) in [7, 11) is 0. The zero-order valence-corrected chi connectivity index (χ0v) is 11.9. The lowest BCUT2D eigenvalue weighted by molar-refractivity contribution is -0.120. The maximum absolute atomic E-state index is 11.7. The number of amides is 2. The Morgan fingerprint density at radius 1 is 1.17 bits per heavy atom. The summed E-state index contributed by atoms with van der Waals surface area (Å²) >= 11 is 3.35. The molecule has 0 aromatic heterocycles. The molecule has 0 radical (unpaired) electrons. The standard InChI is InChI=1S/C13H17BrN2O2/c1-2-15-12(17)7-8-16-13(18)11-5-3-10(9-14)4-6-11/h3-6H,2,7-9H2,1H3,(H,15,17)(H,16,18). The van der Waals surface area contributed by atoms with Crippen molar-refractivity contribution < 1.29 is 9.59 Å². The van der Waals surface area contributed by atoms with E-state index in [0.29, 0.717) is 25.1 Å². The van der Waals surface area contributed by atoms with Crippen molar-refractivity contribution in [1.82, 2.24) is 10.6 Å². The van der Waals surface area contributed by atoms with Gasteiger partial charge in [0.05, 0.1) is 0 Å². The highest BCUT2D eigenvalue weighted by Gasteiger charge is 2.05. The molecule has 0 atom stereocenters. The van der Waals surface area contributed by atoms with Crippen LogP contribution in [0.1, 0.15) is 29.3 Å². The number of carbonyl (C=O) groups is 2. The lowest BCUT2D eigenvalue weighted by Crippen LogP contribution is -2.30. The lowest BCUT2D eigenvalue weighted by atomic mass is 10.1. The normalized spacial score (nSPS) is 9.89. The summed E-state index contributed by atoms with van der Waals surface area (Å²) in [5.41, 5.74) is 1.73. The van der Waals surface area contributed by atoms with Crippen molar-refractivity contribution in [3.63, 3.8) is 0 Å². The van der Waals surface area contributed by atoms with E-state index in [9.17, 15) is 9.59 Å². The van der Waals surface area contributed by atoms with Gasteiger partial charge in [0.1, 0.15) is 0 Å². The average molecular weight is 313 g/mol. The summed E-state index contributed by atoms with van der Waals surface area (Å²) < 4.78 is 0. The van der Waals surface area contributed by atoms with E-state index in [2.05, 4.69) is 26.6 Å². The number of alkyl halides is 1. The number of benzene rings is 1. The van der Waals surface area contributed by atoms with Crippen LogP contribution in [0.25, 0.3) is 0 Å².